The third kappa shape index (κ3) is 1.75. The lowest BCUT2D eigenvalue weighted by Gasteiger charge is -2.09. The maximum absolute atomic E-state index is 13.1. The van der Waals surface area contributed by atoms with Crippen LogP contribution in [0.25, 0.3) is 10.8 Å². The fraction of sp³-hybridized carbons (Fsp3) is 0.167. The van der Waals surface area contributed by atoms with E-state index in [1.54, 1.807) is 6.92 Å². The molecule has 0 aliphatic carbocycles. The molecule has 0 saturated carbocycles. The van der Waals surface area contributed by atoms with E-state index < -0.39 is 23.2 Å². The third-order valence-electron chi connectivity index (χ3n) is 2.69. The predicted octanol–water partition coefficient (Wildman–Crippen LogP) is 2.00. The zero-order valence-electron chi connectivity index (χ0n) is 9.41. The van der Waals surface area contributed by atoms with E-state index in [4.69, 9.17) is 5.11 Å². The van der Waals surface area contributed by atoms with Gasteiger partial charge in [-0.15, -0.1) is 0 Å². The number of fused-ring (bicyclic) bond motifs is 1. The number of carbonyl (C=O) groups is 1. The van der Waals surface area contributed by atoms with Crippen molar-refractivity contribution >= 4 is 16.7 Å². The fourth-order valence-corrected chi connectivity index (χ4v) is 1.84. The van der Waals surface area contributed by atoms with E-state index in [0.29, 0.717) is 0 Å². The van der Waals surface area contributed by atoms with Gasteiger partial charge in [-0.1, -0.05) is 0 Å². The first-order chi connectivity index (χ1) is 8.45. The van der Waals surface area contributed by atoms with E-state index in [1.165, 1.54) is 0 Å². The van der Waals surface area contributed by atoms with Gasteiger partial charge >= 0.3 is 5.97 Å². The average Bonchev–Trinajstić information content (AvgIpc) is 2.31. The van der Waals surface area contributed by atoms with Gasteiger partial charge in [0.2, 0.25) is 0 Å². The van der Waals surface area contributed by atoms with Crippen molar-refractivity contribution in [2.75, 3.05) is 0 Å². The van der Waals surface area contributed by atoms with Crippen LogP contribution in [0.4, 0.5) is 8.78 Å². The minimum Gasteiger partial charge on any atom is -0.477 e. The summed E-state index contributed by atoms with van der Waals surface area (Å²) in [5, 5.41) is 9.01. The van der Waals surface area contributed by atoms with E-state index in [-0.39, 0.29) is 23.0 Å². The van der Waals surface area contributed by atoms with Crippen molar-refractivity contribution in [3.05, 3.63) is 45.9 Å². The summed E-state index contributed by atoms with van der Waals surface area (Å²) < 4.78 is 27.2. The maximum atomic E-state index is 13.1. The highest BCUT2D eigenvalue weighted by molar-refractivity contribution is 5.92. The molecule has 0 bridgehead atoms. The molecule has 6 heteroatoms. The van der Waals surface area contributed by atoms with E-state index >= 15 is 0 Å². The first kappa shape index (κ1) is 12.2. The third-order valence-corrected chi connectivity index (χ3v) is 2.69. The zero-order chi connectivity index (χ0) is 13.4. The van der Waals surface area contributed by atoms with Gasteiger partial charge in [-0.3, -0.25) is 4.79 Å². The standard InChI is InChI=1S/C12H9F2NO3/c1-2-15-10(12(17)18)4-6-3-8(13)9(14)5-7(6)11(15)16/h3-5H,2H2,1H3,(H,17,18). The Kier molecular flexibility index (Phi) is 2.86. The van der Waals surface area contributed by atoms with Crippen molar-refractivity contribution in [1.29, 1.82) is 0 Å². The van der Waals surface area contributed by atoms with Crippen LogP contribution in [0, 0.1) is 11.6 Å². The second-order valence-electron chi connectivity index (χ2n) is 3.74. The SMILES string of the molecule is CCn1c(C(=O)O)cc2cc(F)c(F)cc2c1=O. The number of carboxylic acids is 1. The van der Waals surface area contributed by atoms with Crippen molar-refractivity contribution in [3.8, 4) is 0 Å². The van der Waals surface area contributed by atoms with E-state index in [1.807, 2.05) is 0 Å². The van der Waals surface area contributed by atoms with E-state index in [0.717, 1.165) is 22.8 Å². The molecule has 2 rings (SSSR count). The highest BCUT2D eigenvalue weighted by Crippen LogP contribution is 2.17. The number of hydrogen-bond donors (Lipinski definition) is 1. The molecule has 94 valence electrons. The molecular formula is C12H9F2NO3. The Hall–Kier alpha value is -2.24. The van der Waals surface area contributed by atoms with Gasteiger partial charge in [0.1, 0.15) is 5.69 Å². The summed E-state index contributed by atoms with van der Waals surface area (Å²) in [5.74, 6) is -3.54. The molecule has 1 N–H and O–H groups in total. The van der Waals surface area contributed by atoms with Gasteiger partial charge < -0.3 is 9.67 Å². The largest absolute Gasteiger partial charge is 0.477 e. The van der Waals surface area contributed by atoms with Crippen LogP contribution >= 0.6 is 0 Å². The highest BCUT2D eigenvalue weighted by atomic mass is 19.2. The number of carboxylic acid groups (broad SMARTS) is 1. The minimum atomic E-state index is -1.29. The second-order valence-corrected chi connectivity index (χ2v) is 3.74. The Morgan fingerprint density at radius 3 is 2.44 bits per heavy atom. The zero-order valence-corrected chi connectivity index (χ0v) is 9.41. The molecule has 18 heavy (non-hydrogen) atoms. The van der Waals surface area contributed by atoms with Gasteiger partial charge in [0, 0.05) is 6.54 Å². The summed E-state index contributed by atoms with van der Waals surface area (Å²) in [6.45, 7) is 1.73. The van der Waals surface area contributed by atoms with Crippen molar-refractivity contribution in [2.24, 2.45) is 0 Å². The van der Waals surface area contributed by atoms with Crippen LogP contribution in [0.1, 0.15) is 17.4 Å². The van der Waals surface area contributed by atoms with Gasteiger partial charge in [0.05, 0.1) is 5.39 Å². The van der Waals surface area contributed by atoms with Gasteiger partial charge in [-0.05, 0) is 30.5 Å². The predicted molar refractivity (Wildman–Crippen MR) is 60.8 cm³/mol. The molecule has 0 fully saturated rings. The summed E-state index contributed by atoms with van der Waals surface area (Å²) in [6.07, 6.45) is 0. The molecule has 0 amide bonds. The van der Waals surface area contributed by atoms with Crippen molar-refractivity contribution in [2.45, 2.75) is 13.5 Å². The molecule has 1 aromatic carbocycles. The first-order valence-electron chi connectivity index (χ1n) is 5.21. The highest BCUT2D eigenvalue weighted by Gasteiger charge is 2.15. The molecule has 0 spiro atoms. The molecular weight excluding hydrogens is 244 g/mol. The Bertz CT molecular complexity index is 707. The summed E-state index contributed by atoms with van der Waals surface area (Å²) in [7, 11) is 0. The van der Waals surface area contributed by atoms with Crippen LogP contribution in [-0.4, -0.2) is 15.6 Å². The van der Waals surface area contributed by atoms with Crippen molar-refractivity contribution in [1.82, 2.24) is 4.57 Å². The fourth-order valence-electron chi connectivity index (χ4n) is 1.84. The Morgan fingerprint density at radius 1 is 1.28 bits per heavy atom. The summed E-state index contributed by atoms with van der Waals surface area (Å²) in [6, 6.07) is 2.76. The number of aromatic nitrogens is 1. The van der Waals surface area contributed by atoms with Crippen LogP contribution in [-0.2, 0) is 6.54 Å². The van der Waals surface area contributed by atoms with Gasteiger partial charge in [0.25, 0.3) is 5.56 Å². The molecule has 0 saturated heterocycles. The smallest absolute Gasteiger partial charge is 0.352 e. The topological polar surface area (TPSA) is 59.3 Å². The van der Waals surface area contributed by atoms with Crippen LogP contribution in [0.2, 0.25) is 0 Å². The maximum Gasteiger partial charge on any atom is 0.352 e. The first-order valence-corrected chi connectivity index (χ1v) is 5.21. The second kappa shape index (κ2) is 4.21. The van der Waals surface area contributed by atoms with Gasteiger partial charge in [-0.25, -0.2) is 13.6 Å². The molecule has 4 nitrogen and oxygen atoms in total. The number of aromatic carboxylic acids is 1. The molecule has 1 aromatic heterocycles. The average molecular weight is 253 g/mol. The molecule has 0 aliphatic heterocycles. The monoisotopic (exact) mass is 253 g/mol. The summed E-state index contributed by atoms with van der Waals surface area (Å²) in [5.41, 5.74) is -0.896. The Balaban J connectivity index is 2.96. The number of benzene rings is 1. The molecule has 2 aromatic rings. The lowest BCUT2D eigenvalue weighted by atomic mass is 10.1. The molecule has 0 aliphatic rings. The Labute approximate surface area is 100 Å². The molecule has 0 unspecified atom stereocenters. The number of halogens is 2. The number of nitrogens with zero attached hydrogens (tertiary/aromatic N) is 1. The minimum absolute atomic E-state index is 0.0410. The van der Waals surface area contributed by atoms with Crippen LogP contribution in [0.5, 0.6) is 0 Å². The van der Waals surface area contributed by atoms with Crippen LogP contribution in [0.3, 0.4) is 0 Å². The van der Waals surface area contributed by atoms with Crippen LogP contribution < -0.4 is 5.56 Å². The normalized spacial score (nSPS) is 10.8. The van der Waals surface area contributed by atoms with Gasteiger partial charge in [0.15, 0.2) is 11.6 Å². The molecule has 0 atom stereocenters. The summed E-state index contributed by atoms with van der Waals surface area (Å²) in [4.78, 5) is 23.0. The summed E-state index contributed by atoms with van der Waals surface area (Å²) >= 11 is 0. The lowest BCUT2D eigenvalue weighted by Crippen LogP contribution is -2.25. The number of hydrogen-bond acceptors (Lipinski definition) is 2. The molecule has 1 heterocycles. The quantitative estimate of drug-likeness (QED) is 0.890. The number of rotatable bonds is 2. The number of pyridine rings is 1. The van der Waals surface area contributed by atoms with Crippen LogP contribution in [0.15, 0.2) is 23.0 Å². The molecule has 0 radical (unpaired) electrons. The lowest BCUT2D eigenvalue weighted by molar-refractivity contribution is 0.0684. The van der Waals surface area contributed by atoms with Crippen molar-refractivity contribution in [3.63, 3.8) is 0 Å². The van der Waals surface area contributed by atoms with Crippen molar-refractivity contribution < 1.29 is 18.7 Å². The van der Waals surface area contributed by atoms with Gasteiger partial charge in [-0.2, -0.15) is 0 Å². The van der Waals surface area contributed by atoms with E-state index in [2.05, 4.69) is 0 Å². The Morgan fingerprint density at radius 2 is 1.89 bits per heavy atom. The van der Waals surface area contributed by atoms with E-state index in [9.17, 15) is 18.4 Å².